The molecule has 0 fully saturated rings. The average Bonchev–Trinajstić information content (AvgIpc) is 3.05. The zero-order valence-electron chi connectivity index (χ0n) is 11.8. The largest absolute Gasteiger partial charge is 0.306 e. The molecule has 3 rings (SSSR count). The second kappa shape index (κ2) is 5.77. The first-order chi connectivity index (χ1) is 9.78. The van der Waals surface area contributed by atoms with Crippen molar-refractivity contribution in [2.24, 2.45) is 7.05 Å². The lowest BCUT2D eigenvalue weighted by Gasteiger charge is -2.15. The van der Waals surface area contributed by atoms with E-state index in [0.717, 1.165) is 13.0 Å². The van der Waals surface area contributed by atoms with Crippen molar-refractivity contribution in [3.63, 3.8) is 0 Å². The van der Waals surface area contributed by atoms with Crippen LogP contribution in [-0.4, -0.2) is 16.3 Å². The molecule has 0 aliphatic rings. The van der Waals surface area contributed by atoms with Gasteiger partial charge in [0.05, 0.1) is 12.2 Å². The van der Waals surface area contributed by atoms with E-state index in [1.807, 2.05) is 29.3 Å². The highest BCUT2D eigenvalue weighted by molar-refractivity contribution is 7.19. The van der Waals surface area contributed by atoms with Crippen molar-refractivity contribution in [1.82, 2.24) is 15.1 Å². The molecule has 2 aromatic heterocycles. The Hall–Kier alpha value is -1.65. The van der Waals surface area contributed by atoms with E-state index in [2.05, 4.69) is 53.9 Å². The second-order valence-electron chi connectivity index (χ2n) is 5.02. The highest BCUT2D eigenvalue weighted by Crippen LogP contribution is 2.32. The molecule has 104 valence electrons. The minimum atomic E-state index is 0.237. The van der Waals surface area contributed by atoms with Gasteiger partial charge in [0, 0.05) is 28.4 Å². The molecular weight excluding hydrogens is 266 g/mol. The van der Waals surface area contributed by atoms with Crippen LogP contribution in [0.15, 0.2) is 42.7 Å². The van der Waals surface area contributed by atoms with Crippen molar-refractivity contribution < 1.29 is 0 Å². The average molecular weight is 285 g/mol. The number of aryl methyl sites for hydroxylation is 1. The molecule has 20 heavy (non-hydrogen) atoms. The van der Waals surface area contributed by atoms with Crippen molar-refractivity contribution in [2.45, 2.75) is 19.4 Å². The van der Waals surface area contributed by atoms with Crippen molar-refractivity contribution >= 4 is 21.4 Å². The van der Waals surface area contributed by atoms with Crippen LogP contribution in [-0.2, 0) is 7.05 Å². The number of rotatable bonds is 5. The van der Waals surface area contributed by atoms with E-state index in [1.165, 1.54) is 20.5 Å². The van der Waals surface area contributed by atoms with Gasteiger partial charge in [-0.15, -0.1) is 11.3 Å². The number of fused-ring (bicyclic) bond motifs is 1. The summed E-state index contributed by atoms with van der Waals surface area (Å²) in [5.41, 5.74) is 1.23. The number of aromatic nitrogens is 2. The van der Waals surface area contributed by atoms with E-state index >= 15 is 0 Å². The zero-order valence-corrected chi connectivity index (χ0v) is 12.7. The molecule has 1 atom stereocenters. The van der Waals surface area contributed by atoms with Gasteiger partial charge in [-0.3, -0.25) is 4.68 Å². The Morgan fingerprint density at radius 2 is 2.20 bits per heavy atom. The topological polar surface area (TPSA) is 29.9 Å². The van der Waals surface area contributed by atoms with E-state index in [4.69, 9.17) is 0 Å². The van der Waals surface area contributed by atoms with Gasteiger partial charge in [0.25, 0.3) is 0 Å². The van der Waals surface area contributed by atoms with Crippen molar-refractivity contribution in [3.05, 3.63) is 53.2 Å². The summed E-state index contributed by atoms with van der Waals surface area (Å²) in [6.45, 7) is 3.20. The highest BCUT2D eigenvalue weighted by atomic mass is 32.1. The number of nitrogens with zero attached hydrogens (tertiary/aromatic N) is 2. The highest BCUT2D eigenvalue weighted by Gasteiger charge is 2.17. The summed E-state index contributed by atoms with van der Waals surface area (Å²) in [6.07, 6.45) is 5.18. The van der Waals surface area contributed by atoms with Gasteiger partial charge in [-0.05, 0) is 30.5 Å². The smallest absolute Gasteiger partial charge is 0.0702 e. The molecule has 3 nitrogen and oxygen atoms in total. The normalized spacial score (nSPS) is 12.9. The van der Waals surface area contributed by atoms with E-state index < -0.39 is 0 Å². The molecule has 1 N–H and O–H groups in total. The van der Waals surface area contributed by atoms with E-state index in [0.29, 0.717) is 0 Å². The number of nitrogens with one attached hydrogen (secondary N) is 1. The van der Waals surface area contributed by atoms with Crippen LogP contribution in [0.25, 0.3) is 10.1 Å². The summed E-state index contributed by atoms with van der Waals surface area (Å²) in [6, 6.07) is 11.1. The Kier molecular flexibility index (Phi) is 3.85. The fourth-order valence-electron chi connectivity index (χ4n) is 2.41. The molecule has 3 aromatic rings. The first-order valence-electron chi connectivity index (χ1n) is 6.98. The molecule has 4 heteroatoms. The SMILES string of the molecule is CCCNC(c1cnn(C)c1)c1cc2ccccc2s1. The second-order valence-corrected chi connectivity index (χ2v) is 6.14. The molecule has 0 saturated carbocycles. The van der Waals surface area contributed by atoms with E-state index in [9.17, 15) is 0 Å². The molecule has 0 spiro atoms. The van der Waals surface area contributed by atoms with Crippen LogP contribution in [0.5, 0.6) is 0 Å². The first kappa shape index (κ1) is 13.3. The molecule has 0 bridgehead atoms. The zero-order chi connectivity index (χ0) is 13.9. The number of benzene rings is 1. The quantitative estimate of drug-likeness (QED) is 0.774. The number of hydrogen-bond acceptors (Lipinski definition) is 3. The molecule has 0 aliphatic heterocycles. The number of thiophene rings is 1. The van der Waals surface area contributed by atoms with E-state index in [-0.39, 0.29) is 6.04 Å². The predicted molar refractivity (Wildman–Crippen MR) is 85.2 cm³/mol. The third-order valence-corrected chi connectivity index (χ3v) is 4.57. The van der Waals surface area contributed by atoms with Crippen LogP contribution in [0, 0.1) is 0 Å². The Bertz CT molecular complexity index is 665. The summed E-state index contributed by atoms with van der Waals surface area (Å²) in [4.78, 5) is 1.35. The molecule has 0 saturated heterocycles. The lowest BCUT2D eigenvalue weighted by molar-refractivity contribution is 0.605. The molecule has 0 aliphatic carbocycles. The molecule has 1 aromatic carbocycles. The van der Waals surface area contributed by atoms with Gasteiger partial charge in [-0.2, -0.15) is 5.10 Å². The Labute approximate surface area is 123 Å². The molecule has 0 radical (unpaired) electrons. The Morgan fingerprint density at radius 3 is 2.90 bits per heavy atom. The maximum Gasteiger partial charge on any atom is 0.0702 e. The molecule has 1 unspecified atom stereocenters. The first-order valence-corrected chi connectivity index (χ1v) is 7.80. The third-order valence-electron chi connectivity index (χ3n) is 3.39. The third kappa shape index (κ3) is 2.62. The van der Waals surface area contributed by atoms with Crippen LogP contribution in [0.4, 0.5) is 0 Å². The van der Waals surface area contributed by atoms with Crippen LogP contribution in [0.1, 0.15) is 29.8 Å². The van der Waals surface area contributed by atoms with Gasteiger partial charge in [-0.1, -0.05) is 25.1 Å². The van der Waals surface area contributed by atoms with Crippen LogP contribution in [0.2, 0.25) is 0 Å². The van der Waals surface area contributed by atoms with Gasteiger partial charge in [0.1, 0.15) is 0 Å². The molecule has 0 amide bonds. The summed E-state index contributed by atoms with van der Waals surface area (Å²) in [5, 5.41) is 9.26. The van der Waals surface area contributed by atoms with Gasteiger partial charge < -0.3 is 5.32 Å². The Balaban J connectivity index is 1.99. The molecular formula is C16H19N3S. The van der Waals surface area contributed by atoms with Crippen LogP contribution >= 0.6 is 11.3 Å². The fourth-order valence-corrected chi connectivity index (χ4v) is 3.57. The van der Waals surface area contributed by atoms with Gasteiger partial charge in [0.2, 0.25) is 0 Å². The fraction of sp³-hybridized carbons (Fsp3) is 0.312. The Morgan fingerprint density at radius 1 is 1.35 bits per heavy atom. The lowest BCUT2D eigenvalue weighted by atomic mass is 10.1. The van der Waals surface area contributed by atoms with Gasteiger partial charge in [0.15, 0.2) is 0 Å². The van der Waals surface area contributed by atoms with E-state index in [1.54, 1.807) is 0 Å². The van der Waals surface area contributed by atoms with Gasteiger partial charge in [-0.25, -0.2) is 0 Å². The van der Waals surface area contributed by atoms with Crippen molar-refractivity contribution in [1.29, 1.82) is 0 Å². The minimum Gasteiger partial charge on any atom is -0.306 e. The van der Waals surface area contributed by atoms with Gasteiger partial charge >= 0.3 is 0 Å². The maximum atomic E-state index is 4.31. The molecule has 2 heterocycles. The van der Waals surface area contributed by atoms with Crippen LogP contribution < -0.4 is 5.32 Å². The summed E-state index contributed by atoms with van der Waals surface area (Å²) < 4.78 is 3.21. The summed E-state index contributed by atoms with van der Waals surface area (Å²) in [7, 11) is 1.96. The summed E-state index contributed by atoms with van der Waals surface area (Å²) >= 11 is 1.86. The predicted octanol–water partition coefficient (Wildman–Crippen LogP) is 3.72. The van der Waals surface area contributed by atoms with Crippen LogP contribution in [0.3, 0.4) is 0 Å². The standard InChI is InChI=1S/C16H19N3S/c1-3-8-17-16(13-10-18-19(2)11-13)15-9-12-6-4-5-7-14(12)20-15/h4-7,9-11,16-17H,3,8H2,1-2H3. The van der Waals surface area contributed by atoms with Crippen molar-refractivity contribution in [3.8, 4) is 0 Å². The summed E-state index contributed by atoms with van der Waals surface area (Å²) in [5.74, 6) is 0. The minimum absolute atomic E-state index is 0.237. The number of hydrogen-bond donors (Lipinski definition) is 1. The maximum absolute atomic E-state index is 4.31. The lowest BCUT2D eigenvalue weighted by Crippen LogP contribution is -2.22. The monoisotopic (exact) mass is 285 g/mol. The van der Waals surface area contributed by atoms with Crippen molar-refractivity contribution in [2.75, 3.05) is 6.54 Å².